The Morgan fingerprint density at radius 1 is 0.889 bits per heavy atom. The number of hydrogen-bond donors (Lipinski definition) is 0. The SMILES string of the molecule is ClC1CC2(C1)CC(Cl)C2. The summed E-state index contributed by atoms with van der Waals surface area (Å²) in [4.78, 5) is 0. The lowest BCUT2D eigenvalue weighted by atomic mass is 9.56. The second-order valence-corrected chi connectivity index (χ2v) is 4.75. The van der Waals surface area contributed by atoms with Crippen LogP contribution in [0.5, 0.6) is 0 Å². The van der Waals surface area contributed by atoms with E-state index >= 15 is 0 Å². The summed E-state index contributed by atoms with van der Waals surface area (Å²) in [5.74, 6) is 0. The van der Waals surface area contributed by atoms with Gasteiger partial charge in [-0.25, -0.2) is 0 Å². The molecule has 0 unspecified atom stereocenters. The van der Waals surface area contributed by atoms with Crippen LogP contribution in [0.15, 0.2) is 0 Å². The van der Waals surface area contributed by atoms with Gasteiger partial charge in [-0.05, 0) is 31.1 Å². The summed E-state index contributed by atoms with van der Waals surface area (Å²) < 4.78 is 0. The first kappa shape index (κ1) is 6.30. The van der Waals surface area contributed by atoms with E-state index < -0.39 is 0 Å². The third-order valence-electron chi connectivity index (χ3n) is 2.62. The van der Waals surface area contributed by atoms with Crippen LogP contribution in [0.1, 0.15) is 25.7 Å². The average molecular weight is 165 g/mol. The Labute approximate surface area is 65.5 Å². The van der Waals surface area contributed by atoms with Gasteiger partial charge in [0.25, 0.3) is 0 Å². The molecule has 0 bridgehead atoms. The molecule has 1 spiro atoms. The first-order valence-electron chi connectivity index (χ1n) is 3.48. The molecule has 0 aromatic rings. The Bertz CT molecular complexity index is 101. The summed E-state index contributed by atoms with van der Waals surface area (Å²) in [6, 6.07) is 0. The Balaban J connectivity index is 1.87. The van der Waals surface area contributed by atoms with Crippen molar-refractivity contribution >= 4 is 23.2 Å². The monoisotopic (exact) mass is 164 g/mol. The van der Waals surface area contributed by atoms with Crippen LogP contribution < -0.4 is 0 Å². The maximum absolute atomic E-state index is 5.85. The number of halogens is 2. The van der Waals surface area contributed by atoms with Crippen LogP contribution in [0.3, 0.4) is 0 Å². The third kappa shape index (κ3) is 0.877. The van der Waals surface area contributed by atoms with Crippen LogP contribution in [0.4, 0.5) is 0 Å². The van der Waals surface area contributed by atoms with Crippen LogP contribution in [0.25, 0.3) is 0 Å². The average Bonchev–Trinajstić information content (AvgIpc) is 1.58. The lowest BCUT2D eigenvalue weighted by Crippen LogP contribution is -2.48. The molecule has 52 valence electrons. The van der Waals surface area contributed by atoms with E-state index in [2.05, 4.69) is 0 Å². The van der Waals surface area contributed by atoms with Gasteiger partial charge in [0.1, 0.15) is 0 Å². The molecule has 2 rings (SSSR count). The molecule has 0 N–H and O–H groups in total. The van der Waals surface area contributed by atoms with Crippen molar-refractivity contribution in [3.63, 3.8) is 0 Å². The predicted octanol–water partition coefficient (Wildman–Crippen LogP) is 2.78. The molecular weight excluding hydrogens is 155 g/mol. The van der Waals surface area contributed by atoms with E-state index in [1.54, 1.807) is 0 Å². The van der Waals surface area contributed by atoms with Crippen molar-refractivity contribution in [1.29, 1.82) is 0 Å². The van der Waals surface area contributed by atoms with Crippen LogP contribution in [-0.4, -0.2) is 10.8 Å². The van der Waals surface area contributed by atoms with Crippen molar-refractivity contribution in [1.82, 2.24) is 0 Å². The van der Waals surface area contributed by atoms with Gasteiger partial charge in [0.05, 0.1) is 0 Å². The Morgan fingerprint density at radius 2 is 1.22 bits per heavy atom. The van der Waals surface area contributed by atoms with E-state index in [9.17, 15) is 0 Å². The fraction of sp³-hybridized carbons (Fsp3) is 1.00. The predicted molar refractivity (Wildman–Crippen MR) is 40.2 cm³/mol. The molecule has 2 aliphatic rings. The van der Waals surface area contributed by atoms with Crippen molar-refractivity contribution in [2.45, 2.75) is 36.4 Å². The number of alkyl halides is 2. The zero-order valence-corrected chi connectivity index (χ0v) is 6.75. The molecule has 0 amide bonds. The molecule has 0 aromatic heterocycles. The molecule has 0 heterocycles. The number of hydrogen-bond acceptors (Lipinski definition) is 0. The van der Waals surface area contributed by atoms with Crippen LogP contribution in [-0.2, 0) is 0 Å². The highest BCUT2D eigenvalue weighted by Gasteiger charge is 2.51. The molecule has 2 aliphatic carbocycles. The molecule has 0 atom stereocenters. The topological polar surface area (TPSA) is 0 Å². The molecule has 0 aromatic carbocycles. The summed E-state index contributed by atoms with van der Waals surface area (Å²) in [6.45, 7) is 0. The Kier molecular flexibility index (Phi) is 1.26. The molecular formula is C7H10Cl2. The van der Waals surface area contributed by atoms with Gasteiger partial charge in [-0.15, -0.1) is 23.2 Å². The maximum Gasteiger partial charge on any atom is 0.0346 e. The van der Waals surface area contributed by atoms with Crippen molar-refractivity contribution < 1.29 is 0 Å². The highest BCUT2D eigenvalue weighted by Crippen LogP contribution is 2.59. The van der Waals surface area contributed by atoms with Gasteiger partial charge in [-0.3, -0.25) is 0 Å². The van der Waals surface area contributed by atoms with Gasteiger partial charge in [-0.2, -0.15) is 0 Å². The quantitative estimate of drug-likeness (QED) is 0.484. The molecule has 2 saturated carbocycles. The molecule has 2 fully saturated rings. The highest BCUT2D eigenvalue weighted by atomic mass is 35.5. The van der Waals surface area contributed by atoms with E-state index in [1.807, 2.05) is 0 Å². The van der Waals surface area contributed by atoms with Gasteiger partial charge in [-0.1, -0.05) is 0 Å². The first-order chi connectivity index (χ1) is 4.20. The normalized spacial score (nSPS) is 56.7. The second-order valence-electron chi connectivity index (χ2n) is 3.51. The molecule has 2 heteroatoms. The van der Waals surface area contributed by atoms with Gasteiger partial charge in [0, 0.05) is 10.8 Å². The lowest BCUT2D eigenvalue weighted by Gasteiger charge is -2.54. The molecule has 0 aliphatic heterocycles. The van der Waals surface area contributed by atoms with Gasteiger partial charge >= 0.3 is 0 Å². The fourth-order valence-corrected chi connectivity index (χ4v) is 3.40. The Hall–Kier alpha value is 0.580. The molecule has 0 saturated heterocycles. The molecule has 0 nitrogen and oxygen atoms in total. The van der Waals surface area contributed by atoms with Gasteiger partial charge in [0.2, 0.25) is 0 Å². The van der Waals surface area contributed by atoms with E-state index in [0.717, 1.165) is 0 Å². The standard InChI is InChI=1S/C7H10Cl2/c8-5-1-7(2-5)3-6(9)4-7/h5-6H,1-4H2. The minimum Gasteiger partial charge on any atom is -0.123 e. The van der Waals surface area contributed by atoms with Crippen LogP contribution >= 0.6 is 23.2 Å². The summed E-state index contributed by atoms with van der Waals surface area (Å²) in [5.41, 5.74) is 0.624. The summed E-state index contributed by atoms with van der Waals surface area (Å²) >= 11 is 11.7. The minimum atomic E-state index is 0.467. The summed E-state index contributed by atoms with van der Waals surface area (Å²) in [7, 11) is 0. The molecule has 9 heavy (non-hydrogen) atoms. The number of rotatable bonds is 0. The van der Waals surface area contributed by atoms with E-state index in [0.29, 0.717) is 16.2 Å². The summed E-state index contributed by atoms with van der Waals surface area (Å²) in [5, 5.41) is 0.934. The fourth-order valence-electron chi connectivity index (χ4n) is 2.09. The van der Waals surface area contributed by atoms with E-state index in [1.165, 1.54) is 25.7 Å². The van der Waals surface area contributed by atoms with Crippen molar-refractivity contribution in [2.75, 3.05) is 0 Å². The van der Waals surface area contributed by atoms with Gasteiger partial charge < -0.3 is 0 Å². The summed E-state index contributed by atoms with van der Waals surface area (Å²) in [6.07, 6.45) is 4.88. The second kappa shape index (κ2) is 1.79. The van der Waals surface area contributed by atoms with E-state index in [-0.39, 0.29) is 0 Å². The third-order valence-corrected chi connectivity index (χ3v) is 3.24. The van der Waals surface area contributed by atoms with Crippen LogP contribution in [0, 0.1) is 5.41 Å². The van der Waals surface area contributed by atoms with Gasteiger partial charge in [0.15, 0.2) is 0 Å². The van der Waals surface area contributed by atoms with Crippen molar-refractivity contribution in [3.05, 3.63) is 0 Å². The lowest BCUT2D eigenvalue weighted by molar-refractivity contribution is 0.0404. The van der Waals surface area contributed by atoms with Crippen molar-refractivity contribution in [2.24, 2.45) is 5.41 Å². The maximum atomic E-state index is 5.85. The zero-order chi connectivity index (χ0) is 6.48. The molecule has 0 radical (unpaired) electrons. The van der Waals surface area contributed by atoms with Crippen LogP contribution in [0.2, 0.25) is 0 Å². The first-order valence-corrected chi connectivity index (χ1v) is 4.36. The van der Waals surface area contributed by atoms with Crippen molar-refractivity contribution in [3.8, 4) is 0 Å². The highest BCUT2D eigenvalue weighted by molar-refractivity contribution is 6.22. The zero-order valence-electron chi connectivity index (χ0n) is 5.24. The Morgan fingerprint density at radius 3 is 1.44 bits per heavy atom. The largest absolute Gasteiger partial charge is 0.123 e. The minimum absolute atomic E-state index is 0.467. The van der Waals surface area contributed by atoms with E-state index in [4.69, 9.17) is 23.2 Å². The smallest absolute Gasteiger partial charge is 0.0346 e.